The number of carboxylic acid groups (broad SMARTS) is 1. The summed E-state index contributed by atoms with van der Waals surface area (Å²) in [5.74, 6) is -1.89. The predicted octanol–water partition coefficient (Wildman–Crippen LogP) is -0.0176. The first-order valence-corrected chi connectivity index (χ1v) is 5.54. The number of nitrogens with one attached hydrogen (secondary N) is 2. The van der Waals surface area contributed by atoms with Crippen molar-refractivity contribution >= 4 is 18.3 Å². The Hall–Kier alpha value is -1.59. The minimum absolute atomic E-state index is 0.109. The van der Waals surface area contributed by atoms with Gasteiger partial charge in [-0.25, -0.2) is 4.79 Å². The Morgan fingerprint density at radius 2 is 1.53 bits per heavy atom. The summed E-state index contributed by atoms with van der Waals surface area (Å²) in [7, 11) is 0. The summed E-state index contributed by atoms with van der Waals surface area (Å²) >= 11 is 0. The molecule has 0 unspecified atom stereocenters. The lowest BCUT2D eigenvalue weighted by Gasteiger charge is -2.24. The van der Waals surface area contributed by atoms with Crippen LogP contribution < -0.4 is 10.6 Å². The minimum Gasteiger partial charge on any atom is -0.480 e. The lowest BCUT2D eigenvalue weighted by Crippen LogP contribution is -2.53. The van der Waals surface area contributed by atoms with Crippen LogP contribution in [-0.4, -0.2) is 35.5 Å². The fourth-order valence-electron chi connectivity index (χ4n) is 1.40. The Bertz CT molecular complexity index is 289. The highest BCUT2D eigenvalue weighted by Gasteiger charge is 2.28. The van der Waals surface area contributed by atoms with Crippen molar-refractivity contribution < 1.29 is 19.5 Å². The molecular weight excluding hydrogens is 224 g/mol. The van der Waals surface area contributed by atoms with Gasteiger partial charge in [-0.2, -0.15) is 0 Å². The zero-order chi connectivity index (χ0) is 13.6. The summed E-state index contributed by atoms with van der Waals surface area (Å²) < 4.78 is 0. The average molecular weight is 244 g/mol. The van der Waals surface area contributed by atoms with Crippen LogP contribution in [0.2, 0.25) is 0 Å². The second-order valence-electron chi connectivity index (χ2n) is 4.57. The van der Waals surface area contributed by atoms with Crippen LogP contribution in [0.4, 0.5) is 0 Å². The Morgan fingerprint density at radius 3 is 1.82 bits per heavy atom. The van der Waals surface area contributed by atoms with Crippen molar-refractivity contribution in [2.24, 2.45) is 11.8 Å². The summed E-state index contributed by atoms with van der Waals surface area (Å²) in [6.45, 7) is 6.95. The Morgan fingerprint density at radius 1 is 1.06 bits per heavy atom. The van der Waals surface area contributed by atoms with Gasteiger partial charge in [-0.3, -0.25) is 9.59 Å². The fraction of sp³-hybridized carbons (Fsp3) is 0.727. The second-order valence-corrected chi connectivity index (χ2v) is 4.57. The third-order valence-corrected chi connectivity index (χ3v) is 2.43. The molecule has 2 amide bonds. The standard InChI is InChI=1S/C11H20N2O4/c1-6(2)8(12-5-14)10(15)13-9(7(3)4)11(16)17/h5-9H,1-4H3,(H,12,14)(H,13,15)(H,16,17)/t8-,9-/m0/s1. The number of rotatable bonds is 7. The number of hydrogen-bond acceptors (Lipinski definition) is 3. The third-order valence-electron chi connectivity index (χ3n) is 2.43. The molecule has 0 aliphatic carbocycles. The van der Waals surface area contributed by atoms with E-state index in [0.717, 1.165) is 0 Å². The van der Waals surface area contributed by atoms with Gasteiger partial charge in [0.1, 0.15) is 12.1 Å². The molecule has 0 rings (SSSR count). The number of carbonyl (C=O) groups is 3. The van der Waals surface area contributed by atoms with Gasteiger partial charge in [0.05, 0.1) is 0 Å². The summed E-state index contributed by atoms with van der Waals surface area (Å²) in [6, 6.07) is -1.66. The number of aliphatic carboxylic acids is 1. The molecule has 17 heavy (non-hydrogen) atoms. The molecule has 0 aromatic rings. The topological polar surface area (TPSA) is 95.5 Å². The van der Waals surface area contributed by atoms with Gasteiger partial charge >= 0.3 is 5.97 Å². The summed E-state index contributed by atoms with van der Waals surface area (Å²) in [5, 5.41) is 13.7. The minimum atomic E-state index is -1.08. The van der Waals surface area contributed by atoms with E-state index in [9.17, 15) is 14.4 Å². The van der Waals surface area contributed by atoms with Crippen LogP contribution >= 0.6 is 0 Å². The quantitative estimate of drug-likeness (QED) is 0.548. The van der Waals surface area contributed by atoms with E-state index in [4.69, 9.17) is 5.11 Å². The molecule has 0 saturated carbocycles. The Labute approximate surface area is 101 Å². The molecule has 0 fully saturated rings. The lowest BCUT2D eigenvalue weighted by molar-refractivity contribution is -0.143. The van der Waals surface area contributed by atoms with E-state index in [1.165, 1.54) is 0 Å². The molecule has 0 aliphatic rings. The van der Waals surface area contributed by atoms with Gasteiger partial charge in [0.25, 0.3) is 0 Å². The van der Waals surface area contributed by atoms with Crippen molar-refractivity contribution in [2.75, 3.05) is 0 Å². The van der Waals surface area contributed by atoms with Gasteiger partial charge in [-0.1, -0.05) is 27.7 Å². The number of hydrogen-bond donors (Lipinski definition) is 3. The van der Waals surface area contributed by atoms with E-state index in [0.29, 0.717) is 6.41 Å². The van der Waals surface area contributed by atoms with Crippen molar-refractivity contribution in [1.29, 1.82) is 0 Å². The highest BCUT2D eigenvalue weighted by molar-refractivity contribution is 5.88. The van der Waals surface area contributed by atoms with Gasteiger partial charge in [0.2, 0.25) is 12.3 Å². The molecule has 0 spiro atoms. The maximum Gasteiger partial charge on any atom is 0.326 e. The summed E-state index contributed by atoms with van der Waals surface area (Å²) in [5.41, 5.74) is 0. The highest BCUT2D eigenvalue weighted by atomic mass is 16.4. The van der Waals surface area contributed by atoms with Crippen LogP contribution in [0.3, 0.4) is 0 Å². The first kappa shape index (κ1) is 15.4. The van der Waals surface area contributed by atoms with Crippen molar-refractivity contribution in [3.63, 3.8) is 0 Å². The molecule has 3 N–H and O–H groups in total. The van der Waals surface area contributed by atoms with E-state index in [2.05, 4.69) is 10.6 Å². The van der Waals surface area contributed by atoms with Crippen LogP contribution in [0.25, 0.3) is 0 Å². The van der Waals surface area contributed by atoms with Gasteiger partial charge in [-0.05, 0) is 11.8 Å². The first-order valence-electron chi connectivity index (χ1n) is 5.54. The van der Waals surface area contributed by atoms with E-state index >= 15 is 0 Å². The molecule has 0 aliphatic heterocycles. The van der Waals surface area contributed by atoms with E-state index in [1.54, 1.807) is 27.7 Å². The number of carboxylic acids is 1. The van der Waals surface area contributed by atoms with Crippen LogP contribution in [0.1, 0.15) is 27.7 Å². The molecule has 0 radical (unpaired) electrons. The summed E-state index contributed by atoms with van der Waals surface area (Å²) in [6.07, 6.45) is 0.440. The first-order chi connectivity index (χ1) is 7.81. The zero-order valence-electron chi connectivity index (χ0n) is 10.6. The van der Waals surface area contributed by atoms with Crippen molar-refractivity contribution in [1.82, 2.24) is 10.6 Å². The SMILES string of the molecule is CC(C)[C@H](NC(=O)[C@@H](NC=O)C(C)C)C(=O)O. The van der Waals surface area contributed by atoms with Crippen LogP contribution in [0.5, 0.6) is 0 Å². The van der Waals surface area contributed by atoms with Crippen LogP contribution in [-0.2, 0) is 14.4 Å². The molecular formula is C11H20N2O4. The largest absolute Gasteiger partial charge is 0.480 e. The molecule has 0 heterocycles. The molecule has 2 atom stereocenters. The van der Waals surface area contributed by atoms with E-state index in [1.807, 2.05) is 0 Å². The summed E-state index contributed by atoms with van der Waals surface area (Å²) in [4.78, 5) is 33.1. The van der Waals surface area contributed by atoms with Crippen LogP contribution in [0, 0.1) is 11.8 Å². The van der Waals surface area contributed by atoms with Gasteiger partial charge in [0, 0.05) is 0 Å². The Kier molecular flexibility index (Phi) is 6.23. The van der Waals surface area contributed by atoms with Crippen molar-refractivity contribution in [3.05, 3.63) is 0 Å². The van der Waals surface area contributed by atoms with Crippen molar-refractivity contribution in [3.8, 4) is 0 Å². The molecule has 6 nitrogen and oxygen atoms in total. The van der Waals surface area contributed by atoms with Gasteiger partial charge in [-0.15, -0.1) is 0 Å². The van der Waals surface area contributed by atoms with Gasteiger partial charge < -0.3 is 15.7 Å². The maximum absolute atomic E-state index is 11.8. The average Bonchev–Trinajstić information content (AvgIpc) is 2.20. The molecule has 0 bridgehead atoms. The number of carbonyl (C=O) groups excluding carboxylic acids is 2. The highest BCUT2D eigenvalue weighted by Crippen LogP contribution is 2.05. The monoisotopic (exact) mass is 244 g/mol. The molecule has 0 aromatic heterocycles. The molecule has 0 aromatic carbocycles. The Balaban J connectivity index is 4.67. The van der Waals surface area contributed by atoms with Gasteiger partial charge in [0.15, 0.2) is 0 Å². The second kappa shape index (κ2) is 6.88. The molecule has 98 valence electrons. The van der Waals surface area contributed by atoms with E-state index in [-0.39, 0.29) is 11.8 Å². The third kappa shape index (κ3) is 4.84. The van der Waals surface area contributed by atoms with Crippen LogP contribution in [0.15, 0.2) is 0 Å². The van der Waals surface area contributed by atoms with E-state index < -0.39 is 24.0 Å². The van der Waals surface area contributed by atoms with Crippen molar-refractivity contribution in [2.45, 2.75) is 39.8 Å². The fourth-order valence-corrected chi connectivity index (χ4v) is 1.40. The normalized spacial score (nSPS) is 14.2. The smallest absolute Gasteiger partial charge is 0.326 e. The predicted molar refractivity (Wildman–Crippen MR) is 62.2 cm³/mol. The number of amides is 2. The molecule has 6 heteroatoms. The molecule has 0 saturated heterocycles. The lowest BCUT2D eigenvalue weighted by atomic mass is 10.0. The zero-order valence-corrected chi connectivity index (χ0v) is 10.6. The maximum atomic E-state index is 11.8.